The maximum atomic E-state index is 12.2. The van der Waals surface area contributed by atoms with Crippen LogP contribution in [0.15, 0.2) is 12.1 Å². The van der Waals surface area contributed by atoms with Gasteiger partial charge in [-0.25, -0.2) is 4.98 Å². The zero-order chi connectivity index (χ0) is 14.4. The molecule has 1 saturated carbocycles. The summed E-state index contributed by atoms with van der Waals surface area (Å²) < 4.78 is 0. The second-order valence-corrected chi connectivity index (χ2v) is 5.50. The molecule has 0 aliphatic heterocycles. The van der Waals surface area contributed by atoms with E-state index in [1.807, 2.05) is 19.1 Å². The first-order valence-electron chi connectivity index (χ1n) is 7.76. The van der Waals surface area contributed by atoms with Crippen LogP contribution in [0.5, 0.6) is 0 Å². The van der Waals surface area contributed by atoms with Gasteiger partial charge in [-0.05, 0) is 37.8 Å². The van der Waals surface area contributed by atoms with E-state index in [4.69, 9.17) is 0 Å². The topological polar surface area (TPSA) is 54.0 Å². The molecule has 4 heteroatoms. The number of carbonyl (C=O) groups excluding carboxylic acids is 1. The van der Waals surface area contributed by atoms with E-state index >= 15 is 0 Å². The first-order chi connectivity index (χ1) is 9.72. The van der Waals surface area contributed by atoms with E-state index in [9.17, 15) is 4.79 Å². The van der Waals surface area contributed by atoms with E-state index in [0.717, 1.165) is 55.3 Å². The van der Waals surface area contributed by atoms with Crippen molar-refractivity contribution in [2.45, 2.75) is 46.0 Å². The number of rotatable bonds is 8. The molecular weight excluding hydrogens is 250 g/mol. The van der Waals surface area contributed by atoms with Crippen LogP contribution in [0.3, 0.4) is 0 Å². The van der Waals surface area contributed by atoms with Crippen molar-refractivity contribution in [2.24, 2.45) is 5.92 Å². The van der Waals surface area contributed by atoms with Gasteiger partial charge in [0, 0.05) is 24.3 Å². The first kappa shape index (κ1) is 14.8. The summed E-state index contributed by atoms with van der Waals surface area (Å²) in [4.78, 5) is 16.7. The number of nitrogens with zero attached hydrogens (tertiary/aromatic N) is 1. The molecule has 1 aromatic heterocycles. The SMILES string of the molecule is CCCc1cc(C(=O)NCCC2CC2)cc(NCC)n1. The molecule has 2 N–H and O–H groups in total. The molecule has 2 rings (SSSR count). The number of hydrogen-bond donors (Lipinski definition) is 2. The van der Waals surface area contributed by atoms with Crippen LogP contribution < -0.4 is 10.6 Å². The van der Waals surface area contributed by atoms with Gasteiger partial charge in [0.1, 0.15) is 5.82 Å². The third kappa shape index (κ3) is 4.51. The van der Waals surface area contributed by atoms with E-state index < -0.39 is 0 Å². The number of amides is 1. The molecule has 20 heavy (non-hydrogen) atoms. The Morgan fingerprint density at radius 1 is 1.35 bits per heavy atom. The van der Waals surface area contributed by atoms with E-state index in [2.05, 4.69) is 22.5 Å². The maximum Gasteiger partial charge on any atom is 0.251 e. The summed E-state index contributed by atoms with van der Waals surface area (Å²) in [7, 11) is 0. The molecule has 0 spiro atoms. The van der Waals surface area contributed by atoms with Gasteiger partial charge in [-0.3, -0.25) is 4.79 Å². The van der Waals surface area contributed by atoms with Crippen molar-refractivity contribution in [3.63, 3.8) is 0 Å². The molecule has 0 aromatic carbocycles. The molecule has 4 nitrogen and oxygen atoms in total. The lowest BCUT2D eigenvalue weighted by molar-refractivity contribution is 0.0952. The van der Waals surface area contributed by atoms with E-state index in [1.165, 1.54) is 12.8 Å². The molecule has 0 radical (unpaired) electrons. The van der Waals surface area contributed by atoms with E-state index in [0.29, 0.717) is 0 Å². The van der Waals surface area contributed by atoms with Gasteiger partial charge in [-0.1, -0.05) is 26.2 Å². The average Bonchev–Trinajstić information content (AvgIpc) is 3.23. The Morgan fingerprint density at radius 3 is 2.80 bits per heavy atom. The van der Waals surface area contributed by atoms with Crippen LogP contribution in [-0.2, 0) is 6.42 Å². The standard InChI is InChI=1S/C16H25N3O/c1-3-5-14-10-13(11-15(19-14)17-4-2)16(20)18-9-8-12-6-7-12/h10-12H,3-9H2,1-2H3,(H,17,19)(H,18,20). The molecular formula is C16H25N3O. The van der Waals surface area contributed by atoms with Crippen molar-refractivity contribution in [3.05, 3.63) is 23.4 Å². The van der Waals surface area contributed by atoms with Crippen LogP contribution in [0.25, 0.3) is 0 Å². The maximum absolute atomic E-state index is 12.2. The third-order valence-electron chi connectivity index (χ3n) is 3.54. The third-order valence-corrected chi connectivity index (χ3v) is 3.54. The van der Waals surface area contributed by atoms with E-state index in [-0.39, 0.29) is 5.91 Å². The summed E-state index contributed by atoms with van der Waals surface area (Å²) in [6.45, 7) is 5.75. The summed E-state index contributed by atoms with van der Waals surface area (Å²) in [5, 5.41) is 6.21. The van der Waals surface area contributed by atoms with Crippen LogP contribution in [-0.4, -0.2) is 24.0 Å². The fourth-order valence-corrected chi connectivity index (χ4v) is 2.27. The smallest absolute Gasteiger partial charge is 0.251 e. The predicted molar refractivity (Wildman–Crippen MR) is 82.1 cm³/mol. The highest BCUT2D eigenvalue weighted by atomic mass is 16.1. The fourth-order valence-electron chi connectivity index (χ4n) is 2.27. The number of aromatic nitrogens is 1. The molecule has 1 heterocycles. The summed E-state index contributed by atoms with van der Waals surface area (Å²) in [6.07, 6.45) is 5.71. The van der Waals surface area contributed by atoms with Gasteiger partial charge in [0.05, 0.1) is 0 Å². The average molecular weight is 275 g/mol. The number of pyridine rings is 1. The fraction of sp³-hybridized carbons (Fsp3) is 0.625. The Kier molecular flexibility index (Phi) is 5.39. The van der Waals surface area contributed by atoms with Crippen molar-refractivity contribution in [3.8, 4) is 0 Å². The molecule has 110 valence electrons. The van der Waals surface area contributed by atoms with Crippen LogP contribution in [0.2, 0.25) is 0 Å². The lowest BCUT2D eigenvalue weighted by atomic mass is 10.1. The lowest BCUT2D eigenvalue weighted by Crippen LogP contribution is -2.25. The van der Waals surface area contributed by atoms with E-state index in [1.54, 1.807) is 0 Å². The second kappa shape index (κ2) is 7.27. The Balaban J connectivity index is 2.00. The molecule has 1 aliphatic rings. The van der Waals surface area contributed by atoms with Gasteiger partial charge < -0.3 is 10.6 Å². The number of hydrogen-bond acceptors (Lipinski definition) is 3. The number of carbonyl (C=O) groups is 1. The monoisotopic (exact) mass is 275 g/mol. The predicted octanol–water partition coefficient (Wildman–Crippen LogP) is 3.00. The quantitative estimate of drug-likeness (QED) is 0.767. The van der Waals surface area contributed by atoms with Crippen molar-refractivity contribution < 1.29 is 4.79 Å². The zero-order valence-corrected chi connectivity index (χ0v) is 12.5. The Labute approximate surface area is 121 Å². The van der Waals surface area contributed by atoms with Gasteiger partial charge >= 0.3 is 0 Å². The normalized spacial score (nSPS) is 14.1. The highest BCUT2D eigenvalue weighted by molar-refractivity contribution is 5.95. The first-order valence-corrected chi connectivity index (χ1v) is 7.76. The Hall–Kier alpha value is -1.58. The summed E-state index contributed by atoms with van der Waals surface area (Å²) in [5.41, 5.74) is 1.70. The molecule has 1 fully saturated rings. The minimum atomic E-state index is 0.0181. The molecule has 1 aliphatic carbocycles. The van der Waals surface area contributed by atoms with Gasteiger partial charge in [0.25, 0.3) is 5.91 Å². The number of aryl methyl sites for hydroxylation is 1. The Bertz CT molecular complexity index is 431. The van der Waals surface area contributed by atoms with Crippen LogP contribution in [0.4, 0.5) is 5.82 Å². The van der Waals surface area contributed by atoms with Crippen LogP contribution >= 0.6 is 0 Å². The highest BCUT2D eigenvalue weighted by Crippen LogP contribution is 2.31. The highest BCUT2D eigenvalue weighted by Gasteiger charge is 2.20. The summed E-state index contributed by atoms with van der Waals surface area (Å²) >= 11 is 0. The van der Waals surface area contributed by atoms with Gasteiger partial charge in [0.15, 0.2) is 0 Å². The van der Waals surface area contributed by atoms with Crippen LogP contribution in [0.1, 0.15) is 55.6 Å². The van der Waals surface area contributed by atoms with Crippen LogP contribution in [0, 0.1) is 5.92 Å². The second-order valence-electron chi connectivity index (χ2n) is 5.50. The summed E-state index contributed by atoms with van der Waals surface area (Å²) in [6, 6.07) is 3.76. The zero-order valence-electron chi connectivity index (χ0n) is 12.5. The molecule has 1 amide bonds. The minimum Gasteiger partial charge on any atom is -0.370 e. The van der Waals surface area contributed by atoms with Gasteiger partial charge in [-0.2, -0.15) is 0 Å². The minimum absolute atomic E-state index is 0.0181. The molecule has 0 saturated heterocycles. The van der Waals surface area contributed by atoms with Crippen molar-refractivity contribution in [1.82, 2.24) is 10.3 Å². The number of anilines is 1. The Morgan fingerprint density at radius 2 is 2.15 bits per heavy atom. The van der Waals surface area contributed by atoms with Crippen molar-refractivity contribution in [2.75, 3.05) is 18.4 Å². The largest absolute Gasteiger partial charge is 0.370 e. The number of nitrogens with one attached hydrogen (secondary N) is 2. The molecule has 0 bridgehead atoms. The van der Waals surface area contributed by atoms with Gasteiger partial charge in [-0.15, -0.1) is 0 Å². The lowest BCUT2D eigenvalue weighted by Gasteiger charge is -2.10. The molecule has 1 aromatic rings. The van der Waals surface area contributed by atoms with Crippen molar-refractivity contribution >= 4 is 11.7 Å². The summed E-state index contributed by atoms with van der Waals surface area (Å²) in [5.74, 6) is 1.66. The molecule has 0 unspecified atom stereocenters. The van der Waals surface area contributed by atoms with Crippen molar-refractivity contribution in [1.29, 1.82) is 0 Å². The van der Waals surface area contributed by atoms with Gasteiger partial charge in [0.2, 0.25) is 0 Å². The molecule has 0 atom stereocenters.